The van der Waals surface area contributed by atoms with Gasteiger partial charge in [0.2, 0.25) is 0 Å². The van der Waals surface area contributed by atoms with Crippen LogP contribution < -0.4 is 0 Å². The molecule has 0 aromatic carbocycles. The summed E-state index contributed by atoms with van der Waals surface area (Å²) in [4.78, 5) is 4.78. The van der Waals surface area contributed by atoms with E-state index in [1.54, 1.807) is 6.26 Å². The molecule has 2 unspecified atom stereocenters. The molecule has 15 heavy (non-hydrogen) atoms. The number of hydrogen-bond donors (Lipinski definition) is 1. The van der Waals surface area contributed by atoms with Gasteiger partial charge in [-0.05, 0) is 12.1 Å². The summed E-state index contributed by atoms with van der Waals surface area (Å²) in [6.45, 7) is 5.38. The van der Waals surface area contributed by atoms with Crippen molar-refractivity contribution in [2.75, 3.05) is 32.7 Å². The van der Waals surface area contributed by atoms with Crippen molar-refractivity contribution in [3.63, 3.8) is 0 Å². The maximum absolute atomic E-state index is 10.2. The predicted octanol–water partition coefficient (Wildman–Crippen LogP) is 0.313. The smallest absolute Gasteiger partial charge is 0.133 e. The monoisotopic (exact) mass is 208 g/mol. The average Bonchev–Trinajstić information content (AvgIpc) is 2.83. The van der Waals surface area contributed by atoms with E-state index in [-0.39, 0.29) is 6.04 Å². The van der Waals surface area contributed by atoms with E-state index in [0.29, 0.717) is 5.76 Å². The summed E-state index contributed by atoms with van der Waals surface area (Å²) < 4.78 is 5.26. The molecule has 1 aromatic rings. The summed E-state index contributed by atoms with van der Waals surface area (Å²) in [5.41, 5.74) is 0. The molecule has 0 spiro atoms. The first-order valence-corrected chi connectivity index (χ1v) is 5.52. The number of nitrogens with zero attached hydrogens (tertiary/aromatic N) is 2. The van der Waals surface area contributed by atoms with Crippen LogP contribution in [0.2, 0.25) is 0 Å². The second-order valence-corrected chi connectivity index (χ2v) is 4.36. The zero-order chi connectivity index (χ0) is 10.3. The van der Waals surface area contributed by atoms with Gasteiger partial charge in [-0.1, -0.05) is 0 Å². The largest absolute Gasteiger partial charge is 0.467 e. The molecule has 0 amide bonds. The number of piperazine rings is 3. The topological polar surface area (TPSA) is 39.9 Å². The highest BCUT2D eigenvalue weighted by atomic mass is 16.4. The average molecular weight is 208 g/mol. The van der Waals surface area contributed by atoms with Crippen LogP contribution >= 0.6 is 0 Å². The molecule has 0 radical (unpaired) electrons. The highest BCUT2D eigenvalue weighted by Crippen LogP contribution is 2.27. The van der Waals surface area contributed by atoms with E-state index in [1.807, 2.05) is 12.1 Å². The minimum absolute atomic E-state index is 0.207. The fourth-order valence-electron chi connectivity index (χ4n) is 2.61. The number of hydrogen-bond acceptors (Lipinski definition) is 4. The molecule has 4 heteroatoms. The zero-order valence-electron chi connectivity index (χ0n) is 8.67. The first-order valence-electron chi connectivity index (χ1n) is 5.52. The molecule has 4 rings (SSSR count). The van der Waals surface area contributed by atoms with Gasteiger partial charge in [0.1, 0.15) is 11.9 Å². The van der Waals surface area contributed by atoms with Gasteiger partial charge >= 0.3 is 0 Å². The van der Waals surface area contributed by atoms with Crippen LogP contribution in [0.3, 0.4) is 0 Å². The van der Waals surface area contributed by atoms with Gasteiger partial charge in [-0.15, -0.1) is 0 Å². The van der Waals surface area contributed by atoms with E-state index in [9.17, 15) is 5.11 Å². The van der Waals surface area contributed by atoms with Gasteiger partial charge in [-0.2, -0.15) is 0 Å². The second-order valence-electron chi connectivity index (χ2n) is 4.36. The Hall–Kier alpha value is -0.840. The molecule has 82 valence electrons. The Balaban J connectivity index is 1.77. The van der Waals surface area contributed by atoms with Gasteiger partial charge in [-0.3, -0.25) is 9.80 Å². The van der Waals surface area contributed by atoms with Crippen molar-refractivity contribution >= 4 is 0 Å². The van der Waals surface area contributed by atoms with Gasteiger partial charge in [0.15, 0.2) is 0 Å². The molecular formula is C11H16N2O2. The number of aliphatic hydroxyl groups is 1. The summed E-state index contributed by atoms with van der Waals surface area (Å²) in [7, 11) is 0. The van der Waals surface area contributed by atoms with Crippen molar-refractivity contribution in [3.05, 3.63) is 24.2 Å². The predicted molar refractivity (Wildman–Crippen MR) is 55.5 cm³/mol. The van der Waals surface area contributed by atoms with Gasteiger partial charge < -0.3 is 9.52 Å². The van der Waals surface area contributed by atoms with E-state index in [1.165, 1.54) is 0 Å². The van der Waals surface area contributed by atoms with E-state index in [2.05, 4.69) is 9.80 Å². The molecule has 3 saturated heterocycles. The Bertz CT molecular complexity index is 317. The van der Waals surface area contributed by atoms with E-state index < -0.39 is 6.10 Å². The Kier molecular flexibility index (Phi) is 2.27. The van der Waals surface area contributed by atoms with Crippen LogP contribution in [0.5, 0.6) is 0 Å². The van der Waals surface area contributed by atoms with Gasteiger partial charge in [-0.25, -0.2) is 0 Å². The van der Waals surface area contributed by atoms with Crippen molar-refractivity contribution in [3.8, 4) is 0 Å². The lowest BCUT2D eigenvalue weighted by molar-refractivity contribution is -0.0532. The number of rotatable bonds is 2. The van der Waals surface area contributed by atoms with Crippen molar-refractivity contribution in [1.29, 1.82) is 0 Å². The van der Waals surface area contributed by atoms with Crippen LogP contribution in [0, 0.1) is 0 Å². The summed E-state index contributed by atoms with van der Waals surface area (Å²) in [6.07, 6.45) is 1.14. The molecule has 3 fully saturated rings. The van der Waals surface area contributed by atoms with Gasteiger partial charge in [0, 0.05) is 32.7 Å². The third kappa shape index (κ3) is 1.58. The minimum atomic E-state index is -0.483. The Labute approximate surface area is 89.1 Å². The van der Waals surface area contributed by atoms with Crippen LogP contribution in [-0.2, 0) is 0 Å². The fourth-order valence-corrected chi connectivity index (χ4v) is 2.61. The maximum atomic E-state index is 10.2. The summed E-state index contributed by atoms with van der Waals surface area (Å²) in [6, 6.07) is 3.89. The summed E-state index contributed by atoms with van der Waals surface area (Å²) in [5, 5.41) is 10.2. The number of furan rings is 1. The molecular weight excluding hydrogens is 192 g/mol. The van der Waals surface area contributed by atoms with Gasteiger partial charge in [0.05, 0.1) is 12.3 Å². The third-order valence-electron chi connectivity index (χ3n) is 3.52. The Morgan fingerprint density at radius 3 is 2.67 bits per heavy atom. The van der Waals surface area contributed by atoms with Crippen molar-refractivity contribution in [1.82, 2.24) is 9.80 Å². The second kappa shape index (κ2) is 3.63. The lowest BCUT2D eigenvalue weighted by atomic mass is 10.0. The van der Waals surface area contributed by atoms with Crippen LogP contribution in [0.4, 0.5) is 0 Å². The molecule has 0 aliphatic carbocycles. The van der Waals surface area contributed by atoms with Gasteiger partial charge in [0.25, 0.3) is 0 Å². The van der Waals surface area contributed by atoms with Crippen LogP contribution in [0.15, 0.2) is 22.8 Å². The highest BCUT2D eigenvalue weighted by molar-refractivity contribution is 5.07. The fraction of sp³-hybridized carbons (Fsp3) is 0.636. The molecule has 4 nitrogen and oxygen atoms in total. The van der Waals surface area contributed by atoms with E-state index in [4.69, 9.17) is 4.42 Å². The molecule has 2 bridgehead atoms. The first kappa shape index (κ1) is 9.39. The molecule has 1 aromatic heterocycles. The van der Waals surface area contributed by atoms with Crippen molar-refractivity contribution < 1.29 is 9.52 Å². The zero-order valence-corrected chi connectivity index (χ0v) is 8.67. The Morgan fingerprint density at radius 2 is 2.13 bits per heavy atom. The Morgan fingerprint density at radius 1 is 1.33 bits per heavy atom. The standard InChI is InChI=1S/C11H16N2O2/c14-11(10-2-1-7-15-10)9-8-12-3-5-13(9)6-4-12/h1-2,7,9,11,14H,3-6,8H2. The SMILES string of the molecule is OC(c1ccco1)C1CN2CCN1CC2. The lowest BCUT2D eigenvalue weighted by Gasteiger charge is -2.48. The quantitative estimate of drug-likeness (QED) is 0.759. The lowest BCUT2D eigenvalue weighted by Crippen LogP contribution is -2.62. The van der Waals surface area contributed by atoms with E-state index >= 15 is 0 Å². The molecule has 0 saturated carbocycles. The third-order valence-corrected chi connectivity index (χ3v) is 3.52. The van der Waals surface area contributed by atoms with Crippen LogP contribution in [0.1, 0.15) is 11.9 Å². The first-order chi connectivity index (χ1) is 7.34. The molecule has 4 heterocycles. The van der Waals surface area contributed by atoms with Crippen molar-refractivity contribution in [2.24, 2.45) is 0 Å². The summed E-state index contributed by atoms with van der Waals surface area (Å²) in [5.74, 6) is 0.689. The number of aliphatic hydroxyl groups excluding tert-OH is 1. The van der Waals surface area contributed by atoms with Crippen LogP contribution in [-0.4, -0.2) is 53.7 Å². The normalized spacial score (nSPS) is 36.7. The molecule has 2 atom stereocenters. The van der Waals surface area contributed by atoms with Crippen LogP contribution in [0.25, 0.3) is 0 Å². The summed E-state index contributed by atoms with van der Waals surface area (Å²) >= 11 is 0. The van der Waals surface area contributed by atoms with Crippen molar-refractivity contribution in [2.45, 2.75) is 12.1 Å². The maximum Gasteiger partial charge on any atom is 0.133 e. The molecule has 1 N–H and O–H groups in total. The minimum Gasteiger partial charge on any atom is -0.467 e. The van der Waals surface area contributed by atoms with E-state index in [0.717, 1.165) is 32.7 Å². The number of fused-ring (bicyclic) bond motifs is 3. The highest BCUT2D eigenvalue weighted by Gasteiger charge is 2.37. The molecule has 3 aliphatic rings. The molecule has 3 aliphatic heterocycles.